The lowest BCUT2D eigenvalue weighted by molar-refractivity contribution is -0.142. The molecule has 0 saturated heterocycles. The summed E-state index contributed by atoms with van der Waals surface area (Å²) < 4.78 is 50.8. The highest BCUT2D eigenvalue weighted by Gasteiger charge is 2.29. The molecule has 0 atom stereocenters. The average Bonchev–Trinajstić information content (AvgIpc) is 2.85. The van der Waals surface area contributed by atoms with Crippen LogP contribution in [0.4, 0.5) is 23.2 Å². The summed E-state index contributed by atoms with van der Waals surface area (Å²) in [6, 6.07) is 1.14. The summed E-state index contributed by atoms with van der Waals surface area (Å²) in [4.78, 5) is 16.4. The molecule has 0 unspecified atom stereocenters. The van der Waals surface area contributed by atoms with Crippen LogP contribution in [0.15, 0.2) is 24.7 Å². The second-order valence-electron chi connectivity index (χ2n) is 4.68. The quantitative estimate of drug-likeness (QED) is 0.794. The molecule has 0 spiro atoms. The van der Waals surface area contributed by atoms with E-state index in [2.05, 4.69) is 10.1 Å². The lowest BCUT2D eigenvalue weighted by Gasteiger charge is -2.16. The van der Waals surface area contributed by atoms with Crippen LogP contribution in [0.2, 0.25) is 5.15 Å². The number of amides is 1. The third kappa shape index (κ3) is 4.41. The SMILES string of the molecule is CN(C(=O)CCC(F)(F)F)c1cn(-c2cncc(F)c2)nc1Cl. The van der Waals surface area contributed by atoms with Crippen LogP contribution in [-0.2, 0) is 4.79 Å². The Hall–Kier alpha value is -2.16. The van der Waals surface area contributed by atoms with E-state index in [9.17, 15) is 22.4 Å². The first-order valence-electron chi connectivity index (χ1n) is 6.37. The molecule has 2 aromatic heterocycles. The van der Waals surface area contributed by atoms with E-state index >= 15 is 0 Å². The number of carbonyl (C=O) groups excluding carboxylic acids is 1. The fourth-order valence-electron chi connectivity index (χ4n) is 1.78. The minimum atomic E-state index is -4.42. The summed E-state index contributed by atoms with van der Waals surface area (Å²) >= 11 is 5.90. The summed E-state index contributed by atoms with van der Waals surface area (Å²) in [5.41, 5.74) is 0.373. The van der Waals surface area contributed by atoms with E-state index in [1.54, 1.807) is 0 Å². The molecular weight excluding hydrogens is 340 g/mol. The van der Waals surface area contributed by atoms with Gasteiger partial charge in [0.25, 0.3) is 0 Å². The summed E-state index contributed by atoms with van der Waals surface area (Å²) in [7, 11) is 1.29. The number of anilines is 1. The van der Waals surface area contributed by atoms with Gasteiger partial charge in [0, 0.05) is 19.5 Å². The summed E-state index contributed by atoms with van der Waals surface area (Å²) in [5, 5.41) is 3.79. The van der Waals surface area contributed by atoms with Crippen LogP contribution in [0, 0.1) is 5.82 Å². The largest absolute Gasteiger partial charge is 0.389 e. The summed E-state index contributed by atoms with van der Waals surface area (Å²) in [5.74, 6) is -1.36. The number of hydrogen-bond acceptors (Lipinski definition) is 3. The average molecular weight is 351 g/mol. The van der Waals surface area contributed by atoms with Crippen LogP contribution in [0.5, 0.6) is 0 Å². The topological polar surface area (TPSA) is 51.0 Å². The Balaban J connectivity index is 2.19. The van der Waals surface area contributed by atoms with E-state index in [4.69, 9.17) is 11.6 Å². The predicted octanol–water partition coefficient (Wildman–Crippen LogP) is 3.37. The van der Waals surface area contributed by atoms with Gasteiger partial charge in [-0.05, 0) is 0 Å². The number of pyridine rings is 1. The monoisotopic (exact) mass is 350 g/mol. The van der Waals surface area contributed by atoms with Gasteiger partial charge in [-0.1, -0.05) is 11.6 Å². The van der Waals surface area contributed by atoms with Crippen molar-refractivity contribution in [2.75, 3.05) is 11.9 Å². The minimum Gasteiger partial charge on any atom is -0.311 e. The highest BCUT2D eigenvalue weighted by Crippen LogP contribution is 2.27. The molecule has 2 heterocycles. The number of aromatic nitrogens is 3. The molecule has 2 rings (SSSR count). The van der Waals surface area contributed by atoms with Crippen molar-refractivity contribution >= 4 is 23.2 Å². The van der Waals surface area contributed by atoms with Crippen LogP contribution < -0.4 is 4.90 Å². The summed E-state index contributed by atoms with van der Waals surface area (Å²) in [6.07, 6.45) is -2.72. The number of nitrogens with zero attached hydrogens (tertiary/aromatic N) is 4. The van der Waals surface area contributed by atoms with Crippen LogP contribution in [-0.4, -0.2) is 33.9 Å². The van der Waals surface area contributed by atoms with E-state index in [-0.39, 0.29) is 16.5 Å². The van der Waals surface area contributed by atoms with Crippen molar-refractivity contribution in [3.63, 3.8) is 0 Å². The minimum absolute atomic E-state index is 0.0999. The van der Waals surface area contributed by atoms with Crippen molar-refractivity contribution in [3.8, 4) is 5.69 Å². The van der Waals surface area contributed by atoms with Gasteiger partial charge in [-0.3, -0.25) is 9.78 Å². The zero-order valence-corrected chi connectivity index (χ0v) is 12.6. The normalized spacial score (nSPS) is 11.6. The Bertz CT molecular complexity index is 716. The van der Waals surface area contributed by atoms with Crippen molar-refractivity contribution in [1.82, 2.24) is 14.8 Å². The first-order valence-corrected chi connectivity index (χ1v) is 6.74. The number of hydrogen-bond donors (Lipinski definition) is 0. The molecule has 124 valence electrons. The van der Waals surface area contributed by atoms with Crippen molar-refractivity contribution in [1.29, 1.82) is 0 Å². The molecule has 0 saturated carbocycles. The maximum absolute atomic E-state index is 13.2. The molecule has 0 fully saturated rings. The maximum Gasteiger partial charge on any atom is 0.389 e. The van der Waals surface area contributed by atoms with Gasteiger partial charge in [0.05, 0.1) is 30.7 Å². The fraction of sp³-hybridized carbons (Fsp3) is 0.308. The van der Waals surface area contributed by atoms with E-state index < -0.39 is 30.7 Å². The Kier molecular flexibility index (Phi) is 4.88. The molecule has 0 aliphatic rings. The highest BCUT2D eigenvalue weighted by molar-refractivity contribution is 6.32. The molecule has 2 aromatic rings. The van der Waals surface area contributed by atoms with Gasteiger partial charge >= 0.3 is 6.18 Å². The highest BCUT2D eigenvalue weighted by atomic mass is 35.5. The van der Waals surface area contributed by atoms with E-state index in [1.165, 1.54) is 24.1 Å². The second-order valence-corrected chi connectivity index (χ2v) is 5.04. The van der Waals surface area contributed by atoms with Crippen LogP contribution in [0.1, 0.15) is 12.8 Å². The van der Waals surface area contributed by atoms with Crippen molar-refractivity contribution < 1.29 is 22.4 Å². The van der Waals surface area contributed by atoms with Crippen molar-refractivity contribution in [2.45, 2.75) is 19.0 Å². The van der Waals surface area contributed by atoms with Gasteiger partial charge in [-0.25, -0.2) is 9.07 Å². The van der Waals surface area contributed by atoms with Gasteiger partial charge < -0.3 is 4.90 Å². The number of halogens is 5. The molecule has 0 bridgehead atoms. The van der Waals surface area contributed by atoms with E-state index in [1.807, 2.05) is 0 Å². The Morgan fingerprint density at radius 3 is 2.70 bits per heavy atom. The van der Waals surface area contributed by atoms with Gasteiger partial charge in [0.15, 0.2) is 5.15 Å². The zero-order valence-electron chi connectivity index (χ0n) is 11.8. The first kappa shape index (κ1) is 17.2. The molecule has 1 amide bonds. The lowest BCUT2D eigenvalue weighted by Crippen LogP contribution is -2.27. The van der Waals surface area contributed by atoms with E-state index in [0.717, 1.165) is 17.2 Å². The van der Waals surface area contributed by atoms with Crippen molar-refractivity contribution in [2.24, 2.45) is 0 Å². The molecule has 0 aliphatic heterocycles. The zero-order chi connectivity index (χ0) is 17.2. The molecule has 23 heavy (non-hydrogen) atoms. The summed E-state index contributed by atoms with van der Waals surface area (Å²) in [6.45, 7) is 0. The number of alkyl halides is 3. The van der Waals surface area contributed by atoms with Crippen LogP contribution in [0.25, 0.3) is 5.69 Å². The fourth-order valence-corrected chi connectivity index (χ4v) is 2.03. The second kappa shape index (κ2) is 6.53. The Morgan fingerprint density at radius 1 is 1.39 bits per heavy atom. The molecule has 0 N–H and O–H groups in total. The van der Waals surface area contributed by atoms with Gasteiger partial charge in [0.2, 0.25) is 5.91 Å². The van der Waals surface area contributed by atoms with Crippen molar-refractivity contribution in [3.05, 3.63) is 35.6 Å². The van der Waals surface area contributed by atoms with E-state index in [0.29, 0.717) is 0 Å². The van der Waals surface area contributed by atoms with Gasteiger partial charge in [0.1, 0.15) is 11.5 Å². The molecule has 0 aromatic carbocycles. The Labute approximate surface area is 133 Å². The molecule has 10 heteroatoms. The standard InChI is InChI=1S/C13H11ClF4N4O/c1-21(11(23)2-3-13(16,17)18)10-7-22(20-12(10)14)9-4-8(15)5-19-6-9/h4-7H,2-3H2,1H3. The molecular formula is C13H11ClF4N4O. The number of rotatable bonds is 4. The van der Waals surface area contributed by atoms with Gasteiger partial charge in [-0.2, -0.15) is 18.3 Å². The molecule has 5 nitrogen and oxygen atoms in total. The van der Waals surface area contributed by atoms with Crippen LogP contribution in [0.3, 0.4) is 0 Å². The van der Waals surface area contributed by atoms with Gasteiger partial charge in [-0.15, -0.1) is 0 Å². The molecule has 0 radical (unpaired) electrons. The van der Waals surface area contributed by atoms with Crippen LogP contribution >= 0.6 is 11.6 Å². The predicted molar refractivity (Wildman–Crippen MR) is 75.0 cm³/mol. The molecule has 0 aliphatic carbocycles. The maximum atomic E-state index is 13.2. The lowest BCUT2D eigenvalue weighted by atomic mass is 10.2. The Morgan fingerprint density at radius 2 is 2.09 bits per heavy atom. The third-order valence-corrected chi connectivity index (χ3v) is 3.23. The smallest absolute Gasteiger partial charge is 0.311 e. The third-order valence-electron chi connectivity index (χ3n) is 2.96. The first-order chi connectivity index (χ1) is 10.7. The number of carbonyl (C=O) groups is 1.